The quantitative estimate of drug-likeness (QED) is 0.753. The number of rotatable bonds is 6. The van der Waals surface area contributed by atoms with Crippen LogP contribution in [-0.4, -0.2) is 25.3 Å². The lowest BCUT2D eigenvalue weighted by Crippen LogP contribution is -2.36. The molecule has 1 aliphatic rings. The Kier molecular flexibility index (Phi) is 5.77. The van der Waals surface area contributed by atoms with Crippen LogP contribution in [0, 0.1) is 17.8 Å². The highest BCUT2D eigenvalue weighted by Gasteiger charge is 2.30. The Morgan fingerprint density at radius 1 is 1.19 bits per heavy atom. The number of nitrogens with one attached hydrogen (secondary N) is 1. The third kappa shape index (κ3) is 4.42. The molecule has 0 saturated carbocycles. The van der Waals surface area contributed by atoms with Crippen LogP contribution in [0.25, 0.3) is 0 Å². The predicted octanol–water partition coefficient (Wildman–Crippen LogP) is 3.07. The molecule has 2 nitrogen and oxygen atoms in total. The van der Waals surface area contributed by atoms with Crippen LogP contribution in [0.5, 0.6) is 0 Å². The zero-order valence-electron chi connectivity index (χ0n) is 11.6. The van der Waals surface area contributed by atoms with Crippen molar-refractivity contribution in [2.45, 2.75) is 59.6 Å². The van der Waals surface area contributed by atoms with Crippen molar-refractivity contribution in [1.82, 2.24) is 5.32 Å². The van der Waals surface area contributed by atoms with Gasteiger partial charge < -0.3 is 10.1 Å². The van der Waals surface area contributed by atoms with Crippen LogP contribution >= 0.6 is 0 Å². The Morgan fingerprint density at radius 3 is 2.44 bits per heavy atom. The molecule has 1 fully saturated rings. The molecule has 0 radical (unpaired) electrons. The summed E-state index contributed by atoms with van der Waals surface area (Å²) in [5.74, 6) is 2.15. The summed E-state index contributed by atoms with van der Waals surface area (Å²) >= 11 is 0. The first-order valence-electron chi connectivity index (χ1n) is 6.85. The monoisotopic (exact) mass is 227 g/mol. The van der Waals surface area contributed by atoms with Gasteiger partial charge in [0.2, 0.25) is 0 Å². The maximum Gasteiger partial charge on any atom is 0.0639 e. The van der Waals surface area contributed by atoms with Crippen LogP contribution in [0.15, 0.2) is 0 Å². The minimum absolute atomic E-state index is 0.471. The standard InChI is InChI=1S/C14H29NO/c1-10(2)8-12(5)15-9-13-6-7-16-14(13)11(3)4/h10-15H,6-9H2,1-5H3. The lowest BCUT2D eigenvalue weighted by atomic mass is 9.92. The van der Waals surface area contributed by atoms with Crippen molar-refractivity contribution in [1.29, 1.82) is 0 Å². The minimum atomic E-state index is 0.471. The fourth-order valence-corrected chi connectivity index (χ4v) is 2.75. The highest BCUT2D eigenvalue weighted by Crippen LogP contribution is 2.26. The van der Waals surface area contributed by atoms with Gasteiger partial charge in [-0.05, 0) is 37.5 Å². The van der Waals surface area contributed by atoms with E-state index in [1.807, 2.05) is 0 Å². The second kappa shape index (κ2) is 6.61. The van der Waals surface area contributed by atoms with Gasteiger partial charge in [-0.3, -0.25) is 0 Å². The molecule has 1 N–H and O–H groups in total. The highest BCUT2D eigenvalue weighted by atomic mass is 16.5. The predicted molar refractivity (Wildman–Crippen MR) is 69.6 cm³/mol. The fourth-order valence-electron chi connectivity index (χ4n) is 2.75. The second-order valence-electron chi connectivity index (χ2n) is 6.07. The fraction of sp³-hybridized carbons (Fsp3) is 1.00. The van der Waals surface area contributed by atoms with Crippen LogP contribution in [0.4, 0.5) is 0 Å². The average molecular weight is 227 g/mol. The van der Waals surface area contributed by atoms with E-state index in [9.17, 15) is 0 Å². The summed E-state index contributed by atoms with van der Waals surface area (Å²) in [6, 6.07) is 0.633. The molecular formula is C14H29NO. The first-order chi connectivity index (χ1) is 7.50. The van der Waals surface area contributed by atoms with E-state index < -0.39 is 0 Å². The molecule has 0 aliphatic carbocycles. The molecule has 1 aliphatic heterocycles. The van der Waals surface area contributed by atoms with Gasteiger partial charge in [-0.25, -0.2) is 0 Å². The van der Waals surface area contributed by atoms with Gasteiger partial charge in [0.05, 0.1) is 6.10 Å². The SMILES string of the molecule is CC(C)CC(C)NCC1CCOC1C(C)C. The minimum Gasteiger partial charge on any atom is -0.378 e. The van der Waals surface area contributed by atoms with Crippen LogP contribution < -0.4 is 5.32 Å². The van der Waals surface area contributed by atoms with Gasteiger partial charge >= 0.3 is 0 Å². The smallest absolute Gasteiger partial charge is 0.0639 e. The van der Waals surface area contributed by atoms with E-state index in [1.54, 1.807) is 0 Å². The number of ether oxygens (including phenoxy) is 1. The van der Waals surface area contributed by atoms with Crippen molar-refractivity contribution >= 4 is 0 Å². The summed E-state index contributed by atoms with van der Waals surface area (Å²) in [4.78, 5) is 0. The first kappa shape index (κ1) is 14.0. The maximum atomic E-state index is 5.80. The molecule has 3 unspecified atom stereocenters. The molecule has 96 valence electrons. The molecule has 1 heterocycles. The Morgan fingerprint density at radius 2 is 1.88 bits per heavy atom. The van der Waals surface area contributed by atoms with E-state index in [-0.39, 0.29) is 0 Å². The zero-order valence-corrected chi connectivity index (χ0v) is 11.6. The largest absolute Gasteiger partial charge is 0.378 e. The van der Waals surface area contributed by atoms with Gasteiger partial charge in [0.15, 0.2) is 0 Å². The summed E-state index contributed by atoms with van der Waals surface area (Å²) in [6.45, 7) is 13.5. The molecule has 0 aromatic carbocycles. The van der Waals surface area contributed by atoms with E-state index >= 15 is 0 Å². The summed E-state index contributed by atoms with van der Waals surface area (Å²) in [5.41, 5.74) is 0. The van der Waals surface area contributed by atoms with Crippen molar-refractivity contribution in [2.75, 3.05) is 13.2 Å². The number of hydrogen-bond acceptors (Lipinski definition) is 2. The zero-order chi connectivity index (χ0) is 12.1. The van der Waals surface area contributed by atoms with Gasteiger partial charge in [0.25, 0.3) is 0 Å². The van der Waals surface area contributed by atoms with Crippen LogP contribution in [-0.2, 0) is 4.74 Å². The van der Waals surface area contributed by atoms with E-state index in [4.69, 9.17) is 4.74 Å². The lowest BCUT2D eigenvalue weighted by molar-refractivity contribution is 0.0534. The lowest BCUT2D eigenvalue weighted by Gasteiger charge is -2.24. The van der Waals surface area contributed by atoms with Gasteiger partial charge in [-0.2, -0.15) is 0 Å². The van der Waals surface area contributed by atoms with Crippen molar-refractivity contribution < 1.29 is 4.74 Å². The number of hydrogen-bond donors (Lipinski definition) is 1. The van der Waals surface area contributed by atoms with Gasteiger partial charge in [0.1, 0.15) is 0 Å². The Balaban J connectivity index is 2.26. The van der Waals surface area contributed by atoms with E-state index in [0.29, 0.717) is 18.1 Å². The molecule has 0 aromatic heterocycles. The van der Waals surface area contributed by atoms with Crippen LogP contribution in [0.1, 0.15) is 47.5 Å². The van der Waals surface area contributed by atoms with E-state index in [1.165, 1.54) is 12.8 Å². The van der Waals surface area contributed by atoms with Crippen LogP contribution in [0.3, 0.4) is 0 Å². The normalized spacial score (nSPS) is 27.9. The molecule has 2 heteroatoms. The maximum absolute atomic E-state index is 5.80. The third-order valence-corrected chi connectivity index (χ3v) is 3.47. The highest BCUT2D eigenvalue weighted by molar-refractivity contribution is 4.81. The summed E-state index contributed by atoms with van der Waals surface area (Å²) in [5, 5.41) is 3.66. The molecule has 3 atom stereocenters. The van der Waals surface area contributed by atoms with Crippen molar-refractivity contribution in [3.8, 4) is 0 Å². The Labute approximate surface area is 101 Å². The topological polar surface area (TPSA) is 21.3 Å². The molecular weight excluding hydrogens is 198 g/mol. The molecule has 1 rings (SSSR count). The molecule has 0 amide bonds. The first-order valence-corrected chi connectivity index (χ1v) is 6.85. The van der Waals surface area contributed by atoms with Crippen molar-refractivity contribution in [3.05, 3.63) is 0 Å². The van der Waals surface area contributed by atoms with Gasteiger partial charge in [-0.1, -0.05) is 27.7 Å². The second-order valence-corrected chi connectivity index (χ2v) is 6.07. The van der Waals surface area contributed by atoms with E-state index in [2.05, 4.69) is 39.9 Å². The summed E-state index contributed by atoms with van der Waals surface area (Å²) < 4.78 is 5.80. The van der Waals surface area contributed by atoms with Gasteiger partial charge in [0, 0.05) is 19.2 Å². The van der Waals surface area contributed by atoms with Crippen molar-refractivity contribution in [2.24, 2.45) is 17.8 Å². The summed E-state index contributed by atoms with van der Waals surface area (Å²) in [7, 11) is 0. The Bertz CT molecular complexity index is 191. The van der Waals surface area contributed by atoms with Crippen LogP contribution in [0.2, 0.25) is 0 Å². The Hall–Kier alpha value is -0.0800. The molecule has 0 aromatic rings. The van der Waals surface area contributed by atoms with Gasteiger partial charge in [-0.15, -0.1) is 0 Å². The van der Waals surface area contributed by atoms with Crippen molar-refractivity contribution in [3.63, 3.8) is 0 Å². The molecule has 0 bridgehead atoms. The van der Waals surface area contributed by atoms with E-state index in [0.717, 1.165) is 25.0 Å². The molecule has 0 spiro atoms. The molecule has 1 saturated heterocycles. The third-order valence-electron chi connectivity index (χ3n) is 3.47. The molecule has 16 heavy (non-hydrogen) atoms. The summed E-state index contributed by atoms with van der Waals surface area (Å²) in [6.07, 6.45) is 2.96. The average Bonchev–Trinajstić information content (AvgIpc) is 2.61.